The number of hydrogen-bond donors (Lipinski definition) is 2. The molecule has 2 rings (SSSR count). The first-order chi connectivity index (χ1) is 9.19. The third-order valence-electron chi connectivity index (χ3n) is 3.19. The lowest BCUT2D eigenvalue weighted by Gasteiger charge is -2.10. The van der Waals surface area contributed by atoms with Crippen LogP contribution in [0.1, 0.15) is 44.3 Å². The molecule has 0 radical (unpaired) electrons. The zero-order chi connectivity index (χ0) is 13.7. The Balaban J connectivity index is 1.71. The molecule has 1 aliphatic carbocycles. The van der Waals surface area contributed by atoms with Gasteiger partial charge in [-0.2, -0.15) is 0 Å². The second-order valence-electron chi connectivity index (χ2n) is 4.93. The fraction of sp³-hybridized carbons (Fsp3) is 0.533. The number of rotatable bonds is 7. The van der Waals surface area contributed by atoms with Crippen LogP contribution in [0.3, 0.4) is 0 Å². The van der Waals surface area contributed by atoms with Crippen LogP contribution in [0.2, 0.25) is 0 Å². The molecule has 1 aromatic carbocycles. The minimum atomic E-state index is -0.418. The van der Waals surface area contributed by atoms with Crippen LogP contribution in [0.4, 0.5) is 0 Å². The van der Waals surface area contributed by atoms with Crippen LogP contribution in [-0.2, 0) is 4.79 Å². The Morgan fingerprint density at radius 3 is 2.68 bits per heavy atom. The highest BCUT2D eigenvalue weighted by Gasteiger charge is 2.22. The predicted octanol–water partition coefficient (Wildman–Crippen LogP) is 2.18. The van der Waals surface area contributed by atoms with Crippen molar-refractivity contribution in [3.63, 3.8) is 0 Å². The normalized spacial score (nSPS) is 15.9. The summed E-state index contributed by atoms with van der Waals surface area (Å²) >= 11 is 0. The highest BCUT2D eigenvalue weighted by atomic mass is 16.5. The fourth-order valence-corrected chi connectivity index (χ4v) is 1.81. The molecule has 104 valence electrons. The third-order valence-corrected chi connectivity index (χ3v) is 3.19. The fourth-order valence-electron chi connectivity index (χ4n) is 1.81. The van der Waals surface area contributed by atoms with Crippen molar-refractivity contribution in [1.29, 1.82) is 0 Å². The second kappa shape index (κ2) is 6.57. The molecule has 0 unspecified atom stereocenters. The van der Waals surface area contributed by atoms with Crippen molar-refractivity contribution < 1.29 is 14.6 Å². The summed E-state index contributed by atoms with van der Waals surface area (Å²) in [4.78, 5) is 11.4. The number of hydrogen-bond acceptors (Lipinski definition) is 3. The van der Waals surface area contributed by atoms with E-state index < -0.39 is 6.10 Å². The van der Waals surface area contributed by atoms with Crippen LogP contribution >= 0.6 is 0 Å². The molecule has 1 saturated carbocycles. The Morgan fingerprint density at radius 2 is 2.11 bits per heavy atom. The highest BCUT2D eigenvalue weighted by Crippen LogP contribution is 2.20. The van der Waals surface area contributed by atoms with Crippen LogP contribution in [0.15, 0.2) is 24.3 Å². The maximum absolute atomic E-state index is 11.4. The van der Waals surface area contributed by atoms with Gasteiger partial charge in [0.15, 0.2) is 0 Å². The molecule has 1 atom stereocenters. The molecule has 2 N–H and O–H groups in total. The maximum Gasteiger partial charge on any atom is 0.223 e. The summed E-state index contributed by atoms with van der Waals surface area (Å²) < 4.78 is 5.50. The molecule has 0 saturated heterocycles. The van der Waals surface area contributed by atoms with Gasteiger partial charge >= 0.3 is 0 Å². The van der Waals surface area contributed by atoms with Crippen molar-refractivity contribution >= 4 is 5.91 Å². The maximum atomic E-state index is 11.4. The highest BCUT2D eigenvalue weighted by molar-refractivity contribution is 5.76. The van der Waals surface area contributed by atoms with Gasteiger partial charge in [0.25, 0.3) is 0 Å². The number of carbonyl (C=O) groups excluding carboxylic acids is 1. The van der Waals surface area contributed by atoms with E-state index >= 15 is 0 Å². The van der Waals surface area contributed by atoms with E-state index in [2.05, 4.69) is 5.32 Å². The first-order valence-corrected chi connectivity index (χ1v) is 6.89. The van der Waals surface area contributed by atoms with E-state index in [1.165, 1.54) is 0 Å². The molecule has 0 spiro atoms. The summed E-state index contributed by atoms with van der Waals surface area (Å²) in [6, 6.07) is 7.77. The van der Waals surface area contributed by atoms with E-state index in [4.69, 9.17) is 4.74 Å². The SMILES string of the molecule is CC[C@H](O)c1ccc(OCCC(=O)NC2CC2)cc1. The summed E-state index contributed by atoms with van der Waals surface area (Å²) in [5.74, 6) is 0.784. The van der Waals surface area contributed by atoms with Crippen molar-refractivity contribution in [2.45, 2.75) is 44.8 Å². The van der Waals surface area contributed by atoms with Crippen LogP contribution in [0.5, 0.6) is 5.75 Å². The zero-order valence-corrected chi connectivity index (χ0v) is 11.3. The average Bonchev–Trinajstić information content (AvgIpc) is 3.22. The van der Waals surface area contributed by atoms with Crippen molar-refractivity contribution in [3.8, 4) is 5.75 Å². The van der Waals surface area contributed by atoms with Gasteiger partial charge in [-0.15, -0.1) is 0 Å². The van der Waals surface area contributed by atoms with Gasteiger partial charge < -0.3 is 15.2 Å². The predicted molar refractivity (Wildman–Crippen MR) is 73.0 cm³/mol. The van der Waals surface area contributed by atoms with E-state index in [0.717, 1.165) is 24.2 Å². The topological polar surface area (TPSA) is 58.6 Å². The van der Waals surface area contributed by atoms with E-state index in [1.54, 1.807) is 0 Å². The van der Waals surface area contributed by atoms with Gasteiger partial charge in [0.1, 0.15) is 5.75 Å². The van der Waals surface area contributed by atoms with Gasteiger partial charge in [0.2, 0.25) is 5.91 Å². The largest absolute Gasteiger partial charge is 0.493 e. The van der Waals surface area contributed by atoms with E-state index in [1.807, 2.05) is 31.2 Å². The summed E-state index contributed by atoms with van der Waals surface area (Å²) in [7, 11) is 0. The smallest absolute Gasteiger partial charge is 0.223 e. The van der Waals surface area contributed by atoms with Gasteiger partial charge in [-0.05, 0) is 37.0 Å². The molecule has 0 bridgehead atoms. The van der Waals surface area contributed by atoms with Crippen molar-refractivity contribution in [3.05, 3.63) is 29.8 Å². The lowest BCUT2D eigenvalue weighted by molar-refractivity contribution is -0.121. The molecular weight excluding hydrogens is 242 g/mol. The molecule has 4 nitrogen and oxygen atoms in total. The van der Waals surface area contributed by atoms with Crippen LogP contribution in [-0.4, -0.2) is 23.7 Å². The van der Waals surface area contributed by atoms with E-state index in [9.17, 15) is 9.90 Å². The Labute approximate surface area is 113 Å². The Kier molecular flexibility index (Phi) is 4.80. The minimum Gasteiger partial charge on any atom is -0.493 e. The molecule has 1 aliphatic rings. The zero-order valence-electron chi connectivity index (χ0n) is 11.3. The minimum absolute atomic E-state index is 0.0560. The first kappa shape index (κ1) is 13.9. The van der Waals surface area contributed by atoms with E-state index in [0.29, 0.717) is 25.5 Å². The number of carbonyl (C=O) groups is 1. The third kappa shape index (κ3) is 4.56. The summed E-state index contributed by atoms with van der Waals surface area (Å²) in [6.07, 6.45) is 2.87. The summed E-state index contributed by atoms with van der Waals surface area (Å²) in [5.41, 5.74) is 0.890. The molecule has 19 heavy (non-hydrogen) atoms. The quantitative estimate of drug-likeness (QED) is 0.792. The molecule has 0 aliphatic heterocycles. The molecule has 0 aromatic heterocycles. The van der Waals surface area contributed by atoms with Gasteiger partial charge in [-0.3, -0.25) is 4.79 Å². The van der Waals surface area contributed by atoms with Gasteiger partial charge in [0, 0.05) is 6.04 Å². The van der Waals surface area contributed by atoms with Crippen molar-refractivity contribution in [2.24, 2.45) is 0 Å². The van der Waals surface area contributed by atoms with E-state index in [-0.39, 0.29) is 5.91 Å². The first-order valence-electron chi connectivity index (χ1n) is 6.89. The lowest BCUT2D eigenvalue weighted by Crippen LogP contribution is -2.26. The van der Waals surface area contributed by atoms with Crippen molar-refractivity contribution in [1.82, 2.24) is 5.32 Å². The number of aliphatic hydroxyl groups is 1. The molecule has 0 heterocycles. The lowest BCUT2D eigenvalue weighted by atomic mass is 10.1. The Hall–Kier alpha value is -1.55. The summed E-state index contributed by atoms with van der Waals surface area (Å²) in [5, 5.41) is 12.6. The van der Waals surface area contributed by atoms with Crippen LogP contribution in [0, 0.1) is 0 Å². The van der Waals surface area contributed by atoms with Gasteiger partial charge in [0.05, 0.1) is 19.1 Å². The van der Waals surface area contributed by atoms with Gasteiger partial charge in [-0.25, -0.2) is 0 Å². The second-order valence-corrected chi connectivity index (χ2v) is 4.93. The molecule has 1 amide bonds. The Morgan fingerprint density at radius 1 is 1.42 bits per heavy atom. The number of amides is 1. The number of benzene rings is 1. The monoisotopic (exact) mass is 263 g/mol. The van der Waals surface area contributed by atoms with Crippen LogP contribution < -0.4 is 10.1 Å². The molecule has 1 fully saturated rings. The molecule has 4 heteroatoms. The average molecular weight is 263 g/mol. The number of nitrogens with one attached hydrogen (secondary N) is 1. The Bertz CT molecular complexity index is 412. The van der Waals surface area contributed by atoms with Gasteiger partial charge in [-0.1, -0.05) is 19.1 Å². The molecular formula is C15H21NO3. The van der Waals surface area contributed by atoms with Crippen molar-refractivity contribution in [2.75, 3.05) is 6.61 Å². The summed E-state index contributed by atoms with van der Waals surface area (Å²) in [6.45, 7) is 2.32. The van der Waals surface area contributed by atoms with Crippen LogP contribution in [0.25, 0.3) is 0 Å². The standard InChI is InChI=1S/C15H21NO3/c1-2-14(17)11-3-7-13(8-4-11)19-10-9-15(18)16-12-5-6-12/h3-4,7-8,12,14,17H,2,5-6,9-10H2,1H3,(H,16,18)/t14-/m0/s1. The number of ether oxygens (including phenoxy) is 1. The molecule has 1 aromatic rings. The number of aliphatic hydroxyl groups excluding tert-OH is 1.